The lowest BCUT2D eigenvalue weighted by Crippen LogP contribution is -2.55. The summed E-state index contributed by atoms with van der Waals surface area (Å²) in [5.41, 5.74) is 0. The Morgan fingerprint density at radius 3 is 2.95 bits per heavy atom. The van der Waals surface area contributed by atoms with Crippen molar-refractivity contribution in [2.24, 2.45) is 0 Å². The molecule has 1 aromatic heterocycles. The molecule has 1 amide bonds. The predicted octanol–water partition coefficient (Wildman–Crippen LogP) is 1.25. The van der Waals surface area contributed by atoms with Crippen LogP contribution in [0.25, 0.3) is 0 Å². The van der Waals surface area contributed by atoms with Crippen LogP contribution in [-0.2, 0) is 4.79 Å². The Bertz CT molecular complexity index is 483. The summed E-state index contributed by atoms with van der Waals surface area (Å²) in [5, 5.41) is 11.7. The number of furan rings is 1. The van der Waals surface area contributed by atoms with E-state index in [1.807, 2.05) is 18.7 Å². The van der Waals surface area contributed by atoms with Crippen LogP contribution in [0.2, 0.25) is 0 Å². The van der Waals surface area contributed by atoms with Gasteiger partial charge in [0.15, 0.2) is 0 Å². The highest BCUT2D eigenvalue weighted by Gasteiger charge is 2.33. The number of aromatic carboxylic acids is 1. The zero-order chi connectivity index (χ0) is 14.0. The van der Waals surface area contributed by atoms with Gasteiger partial charge in [-0.15, -0.1) is 0 Å². The summed E-state index contributed by atoms with van der Waals surface area (Å²) in [6.45, 7) is 5.21. The van der Waals surface area contributed by atoms with Crippen molar-refractivity contribution < 1.29 is 19.1 Å². The molecule has 0 saturated carbocycles. The number of nitrogens with zero attached hydrogens (tertiary/aromatic N) is 1. The number of rotatable bonds is 4. The van der Waals surface area contributed by atoms with Crippen LogP contribution in [0.4, 0.5) is 0 Å². The van der Waals surface area contributed by atoms with E-state index in [4.69, 9.17) is 9.52 Å². The molecule has 0 radical (unpaired) electrons. The van der Waals surface area contributed by atoms with Crippen LogP contribution in [0.1, 0.15) is 42.6 Å². The van der Waals surface area contributed by atoms with Crippen LogP contribution >= 0.6 is 0 Å². The van der Waals surface area contributed by atoms with Crippen molar-refractivity contribution in [1.29, 1.82) is 0 Å². The number of carbonyl (C=O) groups is 2. The highest BCUT2D eigenvalue weighted by Crippen LogP contribution is 2.26. The molecule has 1 fully saturated rings. The monoisotopic (exact) mass is 266 g/mol. The van der Waals surface area contributed by atoms with Gasteiger partial charge >= 0.3 is 5.97 Å². The van der Waals surface area contributed by atoms with Crippen LogP contribution in [0.5, 0.6) is 0 Å². The fourth-order valence-electron chi connectivity index (χ4n) is 2.47. The molecule has 2 rings (SSSR count). The number of amides is 1. The van der Waals surface area contributed by atoms with Gasteiger partial charge in [-0.25, -0.2) is 4.79 Å². The van der Waals surface area contributed by atoms with Crippen LogP contribution in [0.3, 0.4) is 0 Å². The van der Waals surface area contributed by atoms with Gasteiger partial charge in [0.2, 0.25) is 11.7 Å². The molecule has 6 nitrogen and oxygen atoms in total. The first kappa shape index (κ1) is 13.6. The van der Waals surface area contributed by atoms with Gasteiger partial charge in [0.1, 0.15) is 5.76 Å². The van der Waals surface area contributed by atoms with E-state index < -0.39 is 5.97 Å². The summed E-state index contributed by atoms with van der Waals surface area (Å²) in [6, 6.07) is 2.79. The zero-order valence-corrected chi connectivity index (χ0v) is 11.0. The molecule has 19 heavy (non-hydrogen) atoms. The topological polar surface area (TPSA) is 82.8 Å². The predicted molar refractivity (Wildman–Crippen MR) is 67.9 cm³/mol. The SMILES string of the molecule is CCC1C(=O)NCCN1C(C)c1ccc(C(=O)O)o1. The first-order valence-electron chi connectivity index (χ1n) is 6.41. The van der Waals surface area contributed by atoms with Crippen LogP contribution in [0.15, 0.2) is 16.5 Å². The molecule has 0 aromatic carbocycles. The van der Waals surface area contributed by atoms with Crippen LogP contribution in [-0.4, -0.2) is 41.0 Å². The largest absolute Gasteiger partial charge is 0.475 e. The van der Waals surface area contributed by atoms with Crippen LogP contribution < -0.4 is 5.32 Å². The average Bonchev–Trinajstić information content (AvgIpc) is 2.87. The molecule has 0 bridgehead atoms. The average molecular weight is 266 g/mol. The summed E-state index contributed by atoms with van der Waals surface area (Å²) in [6.07, 6.45) is 0.711. The van der Waals surface area contributed by atoms with E-state index in [0.29, 0.717) is 18.7 Å². The van der Waals surface area contributed by atoms with Gasteiger partial charge in [0, 0.05) is 13.1 Å². The molecular weight excluding hydrogens is 248 g/mol. The first-order valence-corrected chi connectivity index (χ1v) is 6.41. The maximum atomic E-state index is 11.8. The summed E-state index contributed by atoms with van der Waals surface area (Å²) in [4.78, 5) is 24.7. The van der Waals surface area contributed by atoms with E-state index in [2.05, 4.69) is 5.32 Å². The second-order valence-corrected chi connectivity index (χ2v) is 4.64. The van der Waals surface area contributed by atoms with Crippen molar-refractivity contribution in [2.75, 3.05) is 13.1 Å². The smallest absolute Gasteiger partial charge is 0.371 e. The van der Waals surface area contributed by atoms with E-state index in [9.17, 15) is 9.59 Å². The van der Waals surface area contributed by atoms with Gasteiger partial charge in [-0.2, -0.15) is 0 Å². The number of carbonyl (C=O) groups excluding carboxylic acids is 1. The Hall–Kier alpha value is -1.82. The van der Waals surface area contributed by atoms with Crippen molar-refractivity contribution in [1.82, 2.24) is 10.2 Å². The second-order valence-electron chi connectivity index (χ2n) is 4.64. The van der Waals surface area contributed by atoms with Gasteiger partial charge in [0.05, 0.1) is 12.1 Å². The standard InChI is InChI=1S/C13H18N2O4/c1-3-9-12(16)14-6-7-15(9)8(2)10-4-5-11(19-10)13(17)18/h4-5,8-9H,3,6-7H2,1-2H3,(H,14,16)(H,17,18). The summed E-state index contributed by atoms with van der Waals surface area (Å²) in [7, 11) is 0. The van der Waals surface area contributed by atoms with E-state index in [0.717, 1.165) is 6.54 Å². The molecule has 6 heteroatoms. The lowest BCUT2D eigenvalue weighted by Gasteiger charge is -2.37. The minimum Gasteiger partial charge on any atom is -0.475 e. The maximum Gasteiger partial charge on any atom is 0.371 e. The fraction of sp³-hybridized carbons (Fsp3) is 0.538. The third-order valence-electron chi connectivity index (χ3n) is 3.51. The Balaban J connectivity index is 2.18. The van der Waals surface area contributed by atoms with E-state index >= 15 is 0 Å². The van der Waals surface area contributed by atoms with Gasteiger partial charge in [-0.05, 0) is 25.5 Å². The lowest BCUT2D eigenvalue weighted by atomic mass is 10.1. The van der Waals surface area contributed by atoms with Crippen molar-refractivity contribution >= 4 is 11.9 Å². The Kier molecular flexibility index (Phi) is 3.90. The molecule has 2 heterocycles. The molecule has 1 saturated heterocycles. The highest BCUT2D eigenvalue weighted by molar-refractivity contribution is 5.84. The fourth-order valence-corrected chi connectivity index (χ4v) is 2.47. The highest BCUT2D eigenvalue weighted by atomic mass is 16.4. The van der Waals surface area contributed by atoms with Gasteiger partial charge in [-0.3, -0.25) is 9.69 Å². The number of hydrogen-bond acceptors (Lipinski definition) is 4. The quantitative estimate of drug-likeness (QED) is 0.857. The van der Waals surface area contributed by atoms with Crippen LogP contribution in [0, 0.1) is 0 Å². The third kappa shape index (κ3) is 2.63. The normalized spacial score (nSPS) is 22.0. The minimum atomic E-state index is -1.08. The lowest BCUT2D eigenvalue weighted by molar-refractivity contribution is -0.130. The molecule has 1 aliphatic heterocycles. The third-order valence-corrected chi connectivity index (χ3v) is 3.51. The van der Waals surface area contributed by atoms with Crippen molar-refractivity contribution in [3.63, 3.8) is 0 Å². The Morgan fingerprint density at radius 1 is 1.63 bits per heavy atom. The van der Waals surface area contributed by atoms with E-state index in [1.54, 1.807) is 6.07 Å². The molecule has 1 aliphatic rings. The van der Waals surface area contributed by atoms with Crippen molar-refractivity contribution in [3.05, 3.63) is 23.7 Å². The van der Waals surface area contributed by atoms with Gasteiger partial charge < -0.3 is 14.8 Å². The molecule has 2 unspecified atom stereocenters. The molecule has 0 aliphatic carbocycles. The minimum absolute atomic E-state index is 0.0191. The number of piperazine rings is 1. The Labute approximate surface area is 111 Å². The molecule has 0 spiro atoms. The molecule has 2 atom stereocenters. The molecule has 1 aromatic rings. The van der Waals surface area contributed by atoms with Crippen molar-refractivity contribution in [3.8, 4) is 0 Å². The second kappa shape index (κ2) is 5.44. The number of carboxylic acid groups (broad SMARTS) is 1. The zero-order valence-electron chi connectivity index (χ0n) is 11.0. The van der Waals surface area contributed by atoms with Gasteiger partial charge in [0.25, 0.3) is 0 Å². The number of hydrogen-bond donors (Lipinski definition) is 2. The number of nitrogens with one attached hydrogen (secondary N) is 1. The number of carboxylic acids is 1. The summed E-state index contributed by atoms with van der Waals surface area (Å²) >= 11 is 0. The summed E-state index contributed by atoms with van der Waals surface area (Å²) < 4.78 is 5.32. The first-order chi connectivity index (χ1) is 9.04. The molecule has 104 valence electrons. The van der Waals surface area contributed by atoms with E-state index in [-0.39, 0.29) is 23.8 Å². The summed E-state index contributed by atoms with van der Waals surface area (Å²) in [5.74, 6) is -0.561. The van der Waals surface area contributed by atoms with Gasteiger partial charge in [-0.1, -0.05) is 6.92 Å². The molecule has 2 N–H and O–H groups in total. The van der Waals surface area contributed by atoms with Crippen molar-refractivity contribution in [2.45, 2.75) is 32.4 Å². The molecular formula is C13H18N2O4. The Morgan fingerprint density at radius 2 is 2.37 bits per heavy atom. The van der Waals surface area contributed by atoms with E-state index in [1.165, 1.54) is 6.07 Å². The maximum absolute atomic E-state index is 11.8.